The fourth-order valence-corrected chi connectivity index (χ4v) is 1.35. The van der Waals surface area contributed by atoms with Crippen molar-refractivity contribution in [2.24, 2.45) is 11.7 Å². The van der Waals surface area contributed by atoms with E-state index in [1.165, 1.54) is 6.20 Å². The number of hydrogen-bond donors (Lipinski definition) is 2. The third-order valence-corrected chi connectivity index (χ3v) is 2.92. The molecule has 1 unspecified atom stereocenters. The zero-order valence-electron chi connectivity index (χ0n) is 9.40. The highest BCUT2D eigenvalue weighted by atomic mass is 35.5. The van der Waals surface area contributed by atoms with Crippen LogP contribution in [0.5, 0.6) is 0 Å². The van der Waals surface area contributed by atoms with Crippen molar-refractivity contribution in [3.05, 3.63) is 23.5 Å². The molecule has 16 heavy (non-hydrogen) atoms. The van der Waals surface area contributed by atoms with Gasteiger partial charge in [0.15, 0.2) is 0 Å². The molecule has 0 saturated carbocycles. The molecular formula is C11H16ClN3O. The van der Waals surface area contributed by atoms with Crippen LogP contribution >= 0.6 is 11.6 Å². The van der Waals surface area contributed by atoms with Gasteiger partial charge in [-0.15, -0.1) is 0 Å². The van der Waals surface area contributed by atoms with E-state index >= 15 is 0 Å². The number of carbonyl (C=O) groups is 1. The van der Waals surface area contributed by atoms with E-state index in [2.05, 4.69) is 10.3 Å². The highest BCUT2D eigenvalue weighted by Crippen LogP contribution is 2.19. The third-order valence-electron chi connectivity index (χ3n) is 2.59. The van der Waals surface area contributed by atoms with Gasteiger partial charge in [0.05, 0.1) is 22.9 Å². The molecule has 0 aliphatic rings. The van der Waals surface area contributed by atoms with Crippen LogP contribution in [0.3, 0.4) is 0 Å². The van der Waals surface area contributed by atoms with Crippen LogP contribution in [0.25, 0.3) is 0 Å². The Labute approximate surface area is 100 Å². The first-order valence-corrected chi connectivity index (χ1v) is 5.60. The largest absolute Gasteiger partial charge is 0.322 e. The molecule has 0 bridgehead atoms. The van der Waals surface area contributed by atoms with Gasteiger partial charge in [0.2, 0.25) is 5.91 Å². The quantitative estimate of drug-likeness (QED) is 0.848. The van der Waals surface area contributed by atoms with Crippen molar-refractivity contribution in [1.82, 2.24) is 4.98 Å². The van der Waals surface area contributed by atoms with E-state index in [-0.39, 0.29) is 11.8 Å². The molecule has 1 aromatic rings. The van der Waals surface area contributed by atoms with Gasteiger partial charge in [0, 0.05) is 6.20 Å². The first-order valence-electron chi connectivity index (χ1n) is 5.22. The lowest BCUT2D eigenvalue weighted by molar-refractivity contribution is -0.118. The van der Waals surface area contributed by atoms with Gasteiger partial charge in [0.1, 0.15) is 0 Å². The van der Waals surface area contributed by atoms with Gasteiger partial charge in [-0.25, -0.2) is 0 Å². The molecule has 0 radical (unpaired) electrons. The number of halogens is 1. The van der Waals surface area contributed by atoms with Crippen LogP contribution in [-0.4, -0.2) is 16.9 Å². The Morgan fingerprint density at radius 2 is 2.38 bits per heavy atom. The highest BCUT2D eigenvalue weighted by molar-refractivity contribution is 6.33. The maximum atomic E-state index is 11.7. The first kappa shape index (κ1) is 12.9. The number of pyridine rings is 1. The molecule has 1 aromatic heterocycles. The SMILES string of the molecule is CCC(C)[C@H](N)C(=O)Nc1cnccc1Cl. The second-order valence-electron chi connectivity index (χ2n) is 3.76. The summed E-state index contributed by atoms with van der Waals surface area (Å²) in [5.41, 5.74) is 6.29. The molecule has 0 fully saturated rings. The number of amides is 1. The molecule has 0 spiro atoms. The van der Waals surface area contributed by atoms with Crippen molar-refractivity contribution in [1.29, 1.82) is 0 Å². The van der Waals surface area contributed by atoms with Crippen molar-refractivity contribution in [3.8, 4) is 0 Å². The molecule has 0 aliphatic carbocycles. The Morgan fingerprint density at radius 3 is 2.94 bits per heavy atom. The second kappa shape index (κ2) is 5.82. The number of anilines is 1. The summed E-state index contributed by atoms with van der Waals surface area (Å²) in [5, 5.41) is 3.12. The van der Waals surface area contributed by atoms with Crippen molar-refractivity contribution >= 4 is 23.2 Å². The molecule has 0 aromatic carbocycles. The summed E-state index contributed by atoms with van der Waals surface area (Å²) in [6, 6.07) is 1.09. The van der Waals surface area contributed by atoms with Crippen LogP contribution < -0.4 is 11.1 Å². The molecule has 1 heterocycles. The molecular weight excluding hydrogens is 226 g/mol. The maximum Gasteiger partial charge on any atom is 0.241 e. The summed E-state index contributed by atoms with van der Waals surface area (Å²) in [4.78, 5) is 15.6. The molecule has 4 nitrogen and oxygen atoms in total. The van der Waals surface area contributed by atoms with Gasteiger partial charge in [0.25, 0.3) is 0 Å². The Balaban J connectivity index is 2.68. The number of nitrogens with one attached hydrogen (secondary N) is 1. The molecule has 5 heteroatoms. The van der Waals surface area contributed by atoms with Crippen molar-refractivity contribution in [3.63, 3.8) is 0 Å². The van der Waals surface area contributed by atoms with Gasteiger partial charge in [-0.3, -0.25) is 9.78 Å². The van der Waals surface area contributed by atoms with E-state index in [0.717, 1.165) is 6.42 Å². The van der Waals surface area contributed by atoms with Crippen LogP contribution in [0.15, 0.2) is 18.5 Å². The average Bonchev–Trinajstić information content (AvgIpc) is 2.30. The predicted molar refractivity (Wildman–Crippen MR) is 65.3 cm³/mol. The molecule has 0 aliphatic heterocycles. The van der Waals surface area contributed by atoms with E-state index in [9.17, 15) is 4.79 Å². The molecule has 1 amide bonds. The Morgan fingerprint density at radius 1 is 1.69 bits per heavy atom. The number of rotatable bonds is 4. The number of aromatic nitrogens is 1. The Kier molecular flexibility index (Phi) is 4.71. The molecule has 88 valence electrons. The fourth-order valence-electron chi connectivity index (χ4n) is 1.20. The minimum Gasteiger partial charge on any atom is -0.322 e. The van der Waals surface area contributed by atoms with Crippen molar-refractivity contribution < 1.29 is 4.79 Å². The highest BCUT2D eigenvalue weighted by Gasteiger charge is 2.19. The molecule has 1 rings (SSSR count). The Hall–Kier alpha value is -1.13. The topological polar surface area (TPSA) is 68.0 Å². The normalized spacial score (nSPS) is 14.2. The summed E-state index contributed by atoms with van der Waals surface area (Å²) in [6.07, 6.45) is 3.92. The maximum absolute atomic E-state index is 11.7. The van der Waals surface area contributed by atoms with Crippen LogP contribution in [0, 0.1) is 5.92 Å². The van der Waals surface area contributed by atoms with E-state index in [1.807, 2.05) is 13.8 Å². The monoisotopic (exact) mass is 241 g/mol. The van der Waals surface area contributed by atoms with Crippen molar-refractivity contribution in [2.75, 3.05) is 5.32 Å². The number of hydrogen-bond acceptors (Lipinski definition) is 3. The minimum absolute atomic E-state index is 0.135. The lowest BCUT2D eigenvalue weighted by Gasteiger charge is -2.17. The summed E-state index contributed by atoms with van der Waals surface area (Å²) >= 11 is 5.89. The van der Waals surface area contributed by atoms with E-state index in [1.54, 1.807) is 12.3 Å². The zero-order valence-corrected chi connectivity index (χ0v) is 10.2. The van der Waals surface area contributed by atoms with Crippen LogP contribution in [-0.2, 0) is 4.79 Å². The van der Waals surface area contributed by atoms with Gasteiger partial charge in [-0.2, -0.15) is 0 Å². The number of nitrogens with zero attached hydrogens (tertiary/aromatic N) is 1. The van der Waals surface area contributed by atoms with Crippen LogP contribution in [0.4, 0.5) is 5.69 Å². The lowest BCUT2D eigenvalue weighted by Crippen LogP contribution is -2.40. The molecule has 2 atom stereocenters. The smallest absolute Gasteiger partial charge is 0.241 e. The zero-order chi connectivity index (χ0) is 12.1. The van der Waals surface area contributed by atoms with Crippen molar-refractivity contribution in [2.45, 2.75) is 26.3 Å². The standard InChI is InChI=1S/C11H16ClN3O/c1-3-7(2)10(13)11(16)15-9-6-14-5-4-8(9)12/h4-7,10H,3,13H2,1-2H3,(H,15,16)/t7?,10-/m0/s1. The summed E-state index contributed by atoms with van der Waals surface area (Å²) in [6.45, 7) is 3.93. The summed E-state index contributed by atoms with van der Waals surface area (Å²) < 4.78 is 0. The fraction of sp³-hybridized carbons (Fsp3) is 0.455. The first-order chi connectivity index (χ1) is 7.56. The van der Waals surface area contributed by atoms with Gasteiger partial charge in [-0.05, 0) is 12.0 Å². The molecule has 3 N–H and O–H groups in total. The lowest BCUT2D eigenvalue weighted by atomic mass is 9.99. The summed E-state index contributed by atoms with van der Waals surface area (Å²) in [5.74, 6) is -0.0975. The van der Waals surface area contributed by atoms with Gasteiger partial charge in [-0.1, -0.05) is 31.9 Å². The minimum atomic E-state index is -0.527. The van der Waals surface area contributed by atoms with Gasteiger partial charge >= 0.3 is 0 Å². The predicted octanol–water partition coefficient (Wildman–Crippen LogP) is 2.05. The third kappa shape index (κ3) is 3.18. The Bertz CT molecular complexity index is 370. The van der Waals surface area contributed by atoms with E-state index in [4.69, 9.17) is 17.3 Å². The second-order valence-corrected chi connectivity index (χ2v) is 4.16. The van der Waals surface area contributed by atoms with Crippen LogP contribution in [0.2, 0.25) is 5.02 Å². The average molecular weight is 242 g/mol. The number of carbonyl (C=O) groups excluding carboxylic acids is 1. The summed E-state index contributed by atoms with van der Waals surface area (Å²) in [7, 11) is 0. The number of nitrogens with two attached hydrogens (primary N) is 1. The van der Waals surface area contributed by atoms with Crippen LogP contribution in [0.1, 0.15) is 20.3 Å². The van der Waals surface area contributed by atoms with Gasteiger partial charge < -0.3 is 11.1 Å². The molecule has 0 saturated heterocycles. The van der Waals surface area contributed by atoms with E-state index < -0.39 is 6.04 Å². The van der Waals surface area contributed by atoms with E-state index in [0.29, 0.717) is 10.7 Å².